The maximum Gasteiger partial charge on any atom is 0.196 e. The summed E-state index contributed by atoms with van der Waals surface area (Å²) in [6.45, 7) is 5.08. The van der Waals surface area contributed by atoms with Gasteiger partial charge in [0, 0.05) is 29.0 Å². The third-order valence-corrected chi connectivity index (χ3v) is 3.46. The molecule has 0 radical (unpaired) electrons. The number of benzene rings is 1. The van der Waals surface area contributed by atoms with Crippen LogP contribution in [0.5, 0.6) is 0 Å². The lowest BCUT2D eigenvalue weighted by Gasteiger charge is -2.05. The Morgan fingerprint density at radius 3 is 2.95 bits per heavy atom. The first-order valence-corrected chi connectivity index (χ1v) is 7.37. The van der Waals surface area contributed by atoms with Crippen LogP contribution in [0.1, 0.15) is 19.7 Å². The summed E-state index contributed by atoms with van der Waals surface area (Å²) in [7, 11) is 0. The Bertz CT molecular complexity index is 554. The number of rotatable bonds is 5. The van der Waals surface area contributed by atoms with Crippen LogP contribution in [0.15, 0.2) is 33.3 Å². The van der Waals surface area contributed by atoms with Gasteiger partial charge in [-0.2, -0.15) is 0 Å². The van der Waals surface area contributed by atoms with Crippen LogP contribution in [0.2, 0.25) is 5.02 Å². The van der Waals surface area contributed by atoms with Gasteiger partial charge in [0.15, 0.2) is 11.7 Å². The van der Waals surface area contributed by atoms with E-state index in [4.69, 9.17) is 16.0 Å². The molecule has 0 saturated heterocycles. The van der Waals surface area contributed by atoms with Crippen LogP contribution < -0.4 is 5.32 Å². The van der Waals surface area contributed by atoms with Crippen LogP contribution >= 0.6 is 27.5 Å². The van der Waals surface area contributed by atoms with Crippen molar-refractivity contribution in [2.24, 2.45) is 0 Å². The quantitative estimate of drug-likeness (QED) is 0.879. The first-order chi connectivity index (χ1) is 9.06. The molecule has 2 rings (SSSR count). The van der Waals surface area contributed by atoms with E-state index in [-0.39, 0.29) is 0 Å². The van der Waals surface area contributed by atoms with E-state index in [9.17, 15) is 0 Å². The lowest BCUT2D eigenvalue weighted by Crippen LogP contribution is -2.24. The second kappa shape index (κ2) is 6.55. The lowest BCUT2D eigenvalue weighted by atomic mass is 10.2. The van der Waals surface area contributed by atoms with Crippen molar-refractivity contribution in [1.29, 1.82) is 0 Å². The molecule has 0 atom stereocenters. The zero-order chi connectivity index (χ0) is 13.8. The SMILES string of the molecule is CC(C)NCCc1ncc(-c2cc(Br)ccc2Cl)o1. The highest BCUT2D eigenvalue weighted by Gasteiger charge is 2.10. The van der Waals surface area contributed by atoms with Gasteiger partial charge in [-0.3, -0.25) is 0 Å². The Hall–Kier alpha value is -0.840. The van der Waals surface area contributed by atoms with E-state index in [1.54, 1.807) is 6.20 Å². The first kappa shape index (κ1) is 14.6. The molecule has 2 aromatic rings. The largest absolute Gasteiger partial charge is 0.441 e. The lowest BCUT2D eigenvalue weighted by molar-refractivity contribution is 0.484. The van der Waals surface area contributed by atoms with Crippen molar-refractivity contribution < 1.29 is 4.42 Å². The number of nitrogens with one attached hydrogen (secondary N) is 1. The molecule has 0 aliphatic carbocycles. The normalized spacial score (nSPS) is 11.2. The van der Waals surface area contributed by atoms with Gasteiger partial charge in [0.05, 0.1) is 11.2 Å². The van der Waals surface area contributed by atoms with E-state index >= 15 is 0 Å². The summed E-state index contributed by atoms with van der Waals surface area (Å²) in [6.07, 6.45) is 2.49. The monoisotopic (exact) mass is 342 g/mol. The summed E-state index contributed by atoms with van der Waals surface area (Å²) in [4.78, 5) is 4.28. The second-order valence-corrected chi connectivity index (χ2v) is 5.92. The molecule has 102 valence electrons. The van der Waals surface area contributed by atoms with Crippen LogP contribution in [0.25, 0.3) is 11.3 Å². The van der Waals surface area contributed by atoms with Crippen LogP contribution in [0.4, 0.5) is 0 Å². The molecule has 1 aromatic carbocycles. The molecule has 1 heterocycles. The van der Waals surface area contributed by atoms with E-state index in [1.165, 1.54) is 0 Å². The predicted octanol–water partition coefficient (Wildman–Crippen LogP) is 4.30. The van der Waals surface area contributed by atoms with Crippen molar-refractivity contribution >= 4 is 27.5 Å². The number of oxazole rings is 1. The molecule has 1 aromatic heterocycles. The van der Waals surface area contributed by atoms with Crippen molar-refractivity contribution in [3.63, 3.8) is 0 Å². The van der Waals surface area contributed by atoms with Crippen molar-refractivity contribution in [3.8, 4) is 11.3 Å². The van der Waals surface area contributed by atoms with E-state index in [2.05, 4.69) is 40.1 Å². The molecule has 0 saturated carbocycles. The fourth-order valence-electron chi connectivity index (χ4n) is 1.70. The number of halogens is 2. The Balaban J connectivity index is 2.10. The summed E-state index contributed by atoms with van der Waals surface area (Å²) < 4.78 is 6.70. The van der Waals surface area contributed by atoms with E-state index < -0.39 is 0 Å². The summed E-state index contributed by atoms with van der Waals surface area (Å²) >= 11 is 9.59. The molecule has 5 heteroatoms. The van der Waals surface area contributed by atoms with Gasteiger partial charge in [0.1, 0.15) is 0 Å². The fraction of sp³-hybridized carbons (Fsp3) is 0.357. The van der Waals surface area contributed by atoms with Gasteiger partial charge in [-0.15, -0.1) is 0 Å². The van der Waals surface area contributed by atoms with Gasteiger partial charge in [-0.25, -0.2) is 4.98 Å². The van der Waals surface area contributed by atoms with Gasteiger partial charge in [0.25, 0.3) is 0 Å². The molecular formula is C14H16BrClN2O. The summed E-state index contributed by atoms with van der Waals surface area (Å²) in [5.41, 5.74) is 0.853. The molecule has 0 bridgehead atoms. The van der Waals surface area contributed by atoms with Crippen molar-refractivity contribution in [2.45, 2.75) is 26.3 Å². The highest BCUT2D eigenvalue weighted by atomic mass is 79.9. The van der Waals surface area contributed by atoms with Gasteiger partial charge in [-0.1, -0.05) is 41.4 Å². The Labute approximate surface area is 126 Å². The van der Waals surface area contributed by atoms with Crippen molar-refractivity contribution in [1.82, 2.24) is 10.3 Å². The molecule has 0 aliphatic heterocycles. The first-order valence-electron chi connectivity index (χ1n) is 6.20. The second-order valence-electron chi connectivity index (χ2n) is 4.60. The van der Waals surface area contributed by atoms with Crippen LogP contribution in [0, 0.1) is 0 Å². The summed E-state index contributed by atoms with van der Waals surface area (Å²) in [5, 5.41) is 3.99. The third kappa shape index (κ3) is 4.06. The van der Waals surface area contributed by atoms with Crippen LogP contribution in [0.3, 0.4) is 0 Å². The highest BCUT2D eigenvalue weighted by molar-refractivity contribution is 9.10. The van der Waals surface area contributed by atoms with Crippen LogP contribution in [-0.2, 0) is 6.42 Å². The fourth-order valence-corrected chi connectivity index (χ4v) is 2.28. The number of hydrogen-bond acceptors (Lipinski definition) is 3. The van der Waals surface area contributed by atoms with Crippen molar-refractivity contribution in [3.05, 3.63) is 39.8 Å². The zero-order valence-electron chi connectivity index (χ0n) is 10.9. The average molecular weight is 344 g/mol. The Morgan fingerprint density at radius 2 is 2.21 bits per heavy atom. The van der Waals surface area contributed by atoms with Gasteiger partial charge >= 0.3 is 0 Å². The van der Waals surface area contributed by atoms with E-state index in [1.807, 2.05) is 18.2 Å². The minimum atomic E-state index is 0.467. The van der Waals surface area contributed by atoms with Crippen molar-refractivity contribution in [2.75, 3.05) is 6.54 Å². The molecule has 0 unspecified atom stereocenters. The minimum absolute atomic E-state index is 0.467. The smallest absolute Gasteiger partial charge is 0.196 e. The molecule has 0 aliphatic rings. The maximum atomic E-state index is 6.16. The predicted molar refractivity (Wildman–Crippen MR) is 81.5 cm³/mol. The topological polar surface area (TPSA) is 38.1 Å². The van der Waals surface area contributed by atoms with Crippen LogP contribution in [-0.4, -0.2) is 17.6 Å². The zero-order valence-corrected chi connectivity index (χ0v) is 13.3. The third-order valence-electron chi connectivity index (χ3n) is 2.64. The molecule has 0 spiro atoms. The number of aromatic nitrogens is 1. The molecule has 0 fully saturated rings. The number of nitrogens with zero attached hydrogens (tertiary/aromatic N) is 1. The highest BCUT2D eigenvalue weighted by Crippen LogP contribution is 2.31. The van der Waals surface area contributed by atoms with Gasteiger partial charge < -0.3 is 9.73 Å². The number of hydrogen-bond donors (Lipinski definition) is 1. The summed E-state index contributed by atoms with van der Waals surface area (Å²) in [5.74, 6) is 1.42. The standard InChI is InChI=1S/C14H16BrClN2O/c1-9(2)17-6-5-14-18-8-13(19-14)11-7-10(15)3-4-12(11)16/h3-4,7-9,17H,5-6H2,1-2H3. The van der Waals surface area contributed by atoms with E-state index in [0.717, 1.165) is 28.9 Å². The van der Waals surface area contributed by atoms with E-state index in [0.29, 0.717) is 16.8 Å². The molecule has 3 nitrogen and oxygen atoms in total. The Kier molecular flexibility index (Phi) is 5.02. The average Bonchev–Trinajstić information content (AvgIpc) is 2.80. The minimum Gasteiger partial charge on any atom is -0.441 e. The maximum absolute atomic E-state index is 6.16. The van der Waals surface area contributed by atoms with Gasteiger partial charge in [0.2, 0.25) is 0 Å². The molecule has 0 amide bonds. The summed E-state index contributed by atoms with van der Waals surface area (Å²) in [6, 6.07) is 6.13. The van der Waals surface area contributed by atoms with Gasteiger partial charge in [-0.05, 0) is 18.2 Å². The Morgan fingerprint density at radius 1 is 1.42 bits per heavy atom. The molecular weight excluding hydrogens is 328 g/mol. The molecule has 1 N–H and O–H groups in total. The molecule has 19 heavy (non-hydrogen) atoms.